The molecule has 0 aliphatic heterocycles. The fourth-order valence-corrected chi connectivity index (χ4v) is 2.32. The molecule has 0 bridgehead atoms. The predicted octanol–water partition coefficient (Wildman–Crippen LogP) is 2.60. The van der Waals surface area contributed by atoms with Gasteiger partial charge in [0.05, 0.1) is 12.0 Å². The van der Waals surface area contributed by atoms with Crippen molar-refractivity contribution in [2.75, 3.05) is 0 Å². The Morgan fingerprint density at radius 2 is 1.50 bits per heavy atom. The molecule has 0 saturated heterocycles. The molecule has 2 aromatic carbocycles. The standard InChI is InChI=1S/C18H16F4N2O2/c19-14-7-3-12(4-8-14)10-16(25)24-15(17(23)26)9-11-1-5-13(6-2-11)18(20,21)22/h1-8,15H,9-10H2,(H2,23,26)(H,24,25)/t15-/m1/s1. The highest BCUT2D eigenvalue weighted by molar-refractivity contribution is 5.87. The summed E-state index contributed by atoms with van der Waals surface area (Å²) in [7, 11) is 0. The van der Waals surface area contributed by atoms with E-state index in [2.05, 4.69) is 5.32 Å². The van der Waals surface area contributed by atoms with Gasteiger partial charge in [0.2, 0.25) is 11.8 Å². The maximum absolute atomic E-state index is 12.9. The predicted molar refractivity (Wildman–Crippen MR) is 86.4 cm³/mol. The summed E-state index contributed by atoms with van der Waals surface area (Å²) in [5.41, 5.74) is 5.42. The van der Waals surface area contributed by atoms with Crippen LogP contribution in [0.5, 0.6) is 0 Å². The summed E-state index contributed by atoms with van der Waals surface area (Å²) in [6, 6.07) is 8.46. The molecule has 1 atom stereocenters. The van der Waals surface area contributed by atoms with Crippen LogP contribution in [0.2, 0.25) is 0 Å². The lowest BCUT2D eigenvalue weighted by Gasteiger charge is -2.16. The van der Waals surface area contributed by atoms with Crippen LogP contribution in [0.3, 0.4) is 0 Å². The van der Waals surface area contributed by atoms with E-state index in [9.17, 15) is 27.2 Å². The second kappa shape index (κ2) is 7.99. The first-order chi connectivity index (χ1) is 12.1. The van der Waals surface area contributed by atoms with Crippen molar-refractivity contribution in [2.45, 2.75) is 25.1 Å². The van der Waals surface area contributed by atoms with Crippen LogP contribution in [0.4, 0.5) is 17.6 Å². The number of hydrogen-bond acceptors (Lipinski definition) is 2. The zero-order valence-electron chi connectivity index (χ0n) is 13.5. The molecule has 0 saturated carbocycles. The van der Waals surface area contributed by atoms with Crippen molar-refractivity contribution in [3.63, 3.8) is 0 Å². The highest BCUT2D eigenvalue weighted by atomic mass is 19.4. The number of carbonyl (C=O) groups excluding carboxylic acids is 2. The average molecular weight is 368 g/mol. The van der Waals surface area contributed by atoms with Gasteiger partial charge in [-0.05, 0) is 35.4 Å². The van der Waals surface area contributed by atoms with Gasteiger partial charge in [-0.3, -0.25) is 9.59 Å². The Kier molecular flexibility index (Phi) is 5.97. The number of alkyl halides is 3. The normalized spacial score (nSPS) is 12.5. The first-order valence-corrected chi connectivity index (χ1v) is 7.64. The Morgan fingerprint density at radius 3 is 2.00 bits per heavy atom. The monoisotopic (exact) mass is 368 g/mol. The molecular weight excluding hydrogens is 352 g/mol. The Hall–Kier alpha value is -2.90. The molecule has 8 heteroatoms. The number of rotatable bonds is 6. The summed E-state index contributed by atoms with van der Waals surface area (Å²) >= 11 is 0. The van der Waals surface area contributed by atoms with Crippen molar-refractivity contribution in [1.29, 1.82) is 0 Å². The zero-order chi connectivity index (χ0) is 19.3. The molecule has 2 amide bonds. The van der Waals surface area contributed by atoms with Crippen LogP contribution < -0.4 is 11.1 Å². The number of hydrogen-bond donors (Lipinski definition) is 2. The Balaban J connectivity index is 2.01. The van der Waals surface area contributed by atoms with Crippen molar-refractivity contribution in [3.05, 3.63) is 71.0 Å². The minimum atomic E-state index is -4.45. The van der Waals surface area contributed by atoms with Crippen molar-refractivity contribution < 1.29 is 27.2 Å². The van der Waals surface area contributed by atoms with E-state index in [0.29, 0.717) is 11.1 Å². The SMILES string of the molecule is NC(=O)[C@@H](Cc1ccc(C(F)(F)F)cc1)NC(=O)Cc1ccc(F)cc1. The van der Waals surface area contributed by atoms with Gasteiger partial charge in [0, 0.05) is 6.42 Å². The van der Waals surface area contributed by atoms with E-state index in [0.717, 1.165) is 12.1 Å². The summed E-state index contributed by atoms with van der Waals surface area (Å²) < 4.78 is 50.5. The summed E-state index contributed by atoms with van der Waals surface area (Å²) in [6.07, 6.45) is -4.58. The molecule has 0 aromatic heterocycles. The molecular formula is C18H16F4N2O2. The van der Waals surface area contributed by atoms with E-state index >= 15 is 0 Å². The molecule has 0 unspecified atom stereocenters. The maximum atomic E-state index is 12.9. The lowest BCUT2D eigenvalue weighted by Crippen LogP contribution is -2.46. The first-order valence-electron chi connectivity index (χ1n) is 7.64. The smallest absolute Gasteiger partial charge is 0.368 e. The summed E-state index contributed by atoms with van der Waals surface area (Å²) in [5, 5.41) is 2.44. The third kappa shape index (κ3) is 5.58. The van der Waals surface area contributed by atoms with Gasteiger partial charge in [0.15, 0.2) is 0 Å². The zero-order valence-corrected chi connectivity index (χ0v) is 13.5. The second-order valence-electron chi connectivity index (χ2n) is 5.72. The molecule has 2 aromatic rings. The summed E-state index contributed by atoms with van der Waals surface area (Å²) in [6.45, 7) is 0. The molecule has 4 nitrogen and oxygen atoms in total. The fourth-order valence-electron chi connectivity index (χ4n) is 2.32. The molecule has 26 heavy (non-hydrogen) atoms. The van der Waals surface area contributed by atoms with Gasteiger partial charge in [-0.25, -0.2) is 4.39 Å². The topological polar surface area (TPSA) is 72.2 Å². The summed E-state index contributed by atoms with van der Waals surface area (Å²) in [4.78, 5) is 23.6. The van der Waals surface area contributed by atoms with Crippen LogP contribution in [0.15, 0.2) is 48.5 Å². The van der Waals surface area contributed by atoms with E-state index in [-0.39, 0.29) is 12.8 Å². The van der Waals surface area contributed by atoms with Crippen LogP contribution in [-0.4, -0.2) is 17.9 Å². The Labute approximate surface area is 147 Å². The second-order valence-corrected chi connectivity index (χ2v) is 5.72. The van der Waals surface area contributed by atoms with Gasteiger partial charge < -0.3 is 11.1 Å². The number of nitrogens with two attached hydrogens (primary N) is 1. The number of benzene rings is 2. The number of carbonyl (C=O) groups is 2. The van der Waals surface area contributed by atoms with Crippen LogP contribution in [0, 0.1) is 5.82 Å². The van der Waals surface area contributed by atoms with Gasteiger partial charge in [0.1, 0.15) is 11.9 Å². The van der Waals surface area contributed by atoms with Crippen molar-refractivity contribution in [2.24, 2.45) is 5.73 Å². The first kappa shape index (κ1) is 19.4. The van der Waals surface area contributed by atoms with Crippen LogP contribution in [0.25, 0.3) is 0 Å². The van der Waals surface area contributed by atoms with E-state index in [1.54, 1.807) is 0 Å². The Morgan fingerprint density at radius 1 is 0.962 bits per heavy atom. The third-order valence-corrected chi connectivity index (χ3v) is 3.68. The van der Waals surface area contributed by atoms with Gasteiger partial charge in [-0.15, -0.1) is 0 Å². The van der Waals surface area contributed by atoms with E-state index in [4.69, 9.17) is 5.73 Å². The van der Waals surface area contributed by atoms with Gasteiger partial charge in [-0.1, -0.05) is 24.3 Å². The van der Waals surface area contributed by atoms with Crippen LogP contribution in [0.1, 0.15) is 16.7 Å². The molecule has 0 aliphatic rings. The minimum absolute atomic E-state index is 0.0391. The molecule has 0 radical (unpaired) electrons. The minimum Gasteiger partial charge on any atom is -0.368 e. The summed E-state index contributed by atoms with van der Waals surface area (Å²) in [5.74, 6) is -1.75. The molecule has 2 rings (SSSR count). The quantitative estimate of drug-likeness (QED) is 0.770. The lowest BCUT2D eigenvalue weighted by atomic mass is 10.0. The maximum Gasteiger partial charge on any atom is 0.416 e. The average Bonchev–Trinajstić information content (AvgIpc) is 2.56. The van der Waals surface area contributed by atoms with E-state index in [1.807, 2.05) is 0 Å². The molecule has 0 aliphatic carbocycles. The number of amides is 2. The van der Waals surface area contributed by atoms with Gasteiger partial charge in [0.25, 0.3) is 0 Å². The largest absolute Gasteiger partial charge is 0.416 e. The number of nitrogens with one attached hydrogen (secondary N) is 1. The van der Waals surface area contributed by atoms with Crippen molar-refractivity contribution >= 4 is 11.8 Å². The van der Waals surface area contributed by atoms with Gasteiger partial charge >= 0.3 is 6.18 Å². The Bertz CT molecular complexity index is 771. The van der Waals surface area contributed by atoms with Crippen LogP contribution >= 0.6 is 0 Å². The molecule has 0 fully saturated rings. The van der Waals surface area contributed by atoms with E-state index < -0.39 is 35.4 Å². The van der Waals surface area contributed by atoms with Gasteiger partial charge in [-0.2, -0.15) is 13.2 Å². The highest BCUT2D eigenvalue weighted by Gasteiger charge is 2.30. The van der Waals surface area contributed by atoms with Crippen LogP contribution in [-0.2, 0) is 28.6 Å². The molecule has 3 N–H and O–H groups in total. The number of halogens is 4. The van der Waals surface area contributed by atoms with Crippen molar-refractivity contribution in [3.8, 4) is 0 Å². The molecule has 0 spiro atoms. The van der Waals surface area contributed by atoms with Crippen molar-refractivity contribution in [1.82, 2.24) is 5.32 Å². The molecule has 0 heterocycles. The van der Waals surface area contributed by atoms with E-state index in [1.165, 1.54) is 36.4 Å². The number of primary amides is 1. The highest BCUT2D eigenvalue weighted by Crippen LogP contribution is 2.29. The third-order valence-electron chi connectivity index (χ3n) is 3.68. The molecule has 138 valence electrons. The fraction of sp³-hybridized carbons (Fsp3) is 0.222. The lowest BCUT2D eigenvalue weighted by molar-refractivity contribution is -0.137.